The van der Waals surface area contributed by atoms with E-state index < -0.39 is 41.8 Å². The average Bonchev–Trinajstić information content (AvgIpc) is 2.97. The largest absolute Gasteiger partial charge is 0.453 e. The van der Waals surface area contributed by atoms with Crippen LogP contribution in [-0.2, 0) is 16.1 Å². The van der Waals surface area contributed by atoms with Crippen molar-refractivity contribution in [3.05, 3.63) is 81.9 Å². The summed E-state index contributed by atoms with van der Waals surface area (Å²) in [4.78, 5) is 35.9. The number of halogens is 4. The van der Waals surface area contributed by atoms with Gasteiger partial charge in [-0.1, -0.05) is 0 Å². The Bertz CT molecular complexity index is 1460. The number of anilines is 1. The van der Waals surface area contributed by atoms with Gasteiger partial charge in [0.1, 0.15) is 17.4 Å². The van der Waals surface area contributed by atoms with E-state index in [0.29, 0.717) is 50.0 Å². The molecule has 4 heterocycles. The summed E-state index contributed by atoms with van der Waals surface area (Å²) in [5, 5.41) is 2.66. The number of carbonyl (C=O) groups excluding carboxylic acids is 1. The molecule has 42 heavy (non-hydrogen) atoms. The lowest BCUT2D eigenvalue weighted by molar-refractivity contribution is -0.125. The van der Waals surface area contributed by atoms with Crippen LogP contribution < -0.4 is 15.6 Å². The summed E-state index contributed by atoms with van der Waals surface area (Å²) >= 11 is 0. The number of piperidine rings is 1. The summed E-state index contributed by atoms with van der Waals surface area (Å²) in [6.07, 6.45) is 2.16. The van der Waals surface area contributed by atoms with E-state index in [0.717, 1.165) is 12.1 Å². The minimum absolute atomic E-state index is 0.00547. The van der Waals surface area contributed by atoms with Gasteiger partial charge in [-0.15, -0.1) is 0 Å². The molecule has 1 amide bonds. The van der Waals surface area contributed by atoms with Gasteiger partial charge in [0.15, 0.2) is 11.6 Å². The van der Waals surface area contributed by atoms with Gasteiger partial charge in [0, 0.05) is 57.0 Å². The molecule has 3 aromatic rings. The number of pyridine rings is 2. The molecule has 0 radical (unpaired) electrons. The van der Waals surface area contributed by atoms with Crippen molar-refractivity contribution in [1.29, 1.82) is 0 Å². The van der Waals surface area contributed by atoms with Crippen molar-refractivity contribution in [1.82, 2.24) is 19.8 Å². The lowest BCUT2D eigenvalue weighted by Gasteiger charge is -2.40. The van der Waals surface area contributed by atoms with E-state index in [-0.39, 0.29) is 36.0 Å². The molecule has 0 saturated carbocycles. The first-order chi connectivity index (χ1) is 20.1. The molecule has 5 rings (SSSR count). The van der Waals surface area contributed by atoms with Crippen LogP contribution in [0.15, 0.2) is 53.6 Å². The number of rotatable bonds is 8. The van der Waals surface area contributed by atoms with E-state index in [2.05, 4.69) is 15.3 Å². The quantitative estimate of drug-likeness (QED) is 0.382. The van der Waals surface area contributed by atoms with Gasteiger partial charge in [0.05, 0.1) is 31.4 Å². The van der Waals surface area contributed by atoms with Crippen LogP contribution in [0, 0.1) is 11.6 Å². The Morgan fingerprint density at radius 2 is 1.98 bits per heavy atom. The van der Waals surface area contributed by atoms with Gasteiger partial charge in [-0.25, -0.2) is 22.5 Å². The number of hydrogen-bond acceptors (Lipinski definition) is 7. The number of amides is 1. The fraction of sp³-hybridized carbons (Fsp3) is 0.414. The normalized spacial score (nSPS) is 20.2. The van der Waals surface area contributed by atoms with Crippen LogP contribution >= 0.6 is 0 Å². The molecule has 0 aliphatic carbocycles. The van der Waals surface area contributed by atoms with E-state index in [1.54, 1.807) is 17.9 Å². The smallest absolute Gasteiger partial charge is 0.257 e. The van der Waals surface area contributed by atoms with E-state index >= 15 is 8.78 Å². The fourth-order valence-electron chi connectivity index (χ4n) is 5.09. The van der Waals surface area contributed by atoms with Crippen molar-refractivity contribution < 1.29 is 31.8 Å². The maximum absolute atomic E-state index is 15.2. The summed E-state index contributed by atoms with van der Waals surface area (Å²) in [6.45, 7) is 4.29. The summed E-state index contributed by atoms with van der Waals surface area (Å²) in [6, 6.07) is 6.60. The predicted octanol–water partition coefficient (Wildman–Crippen LogP) is 4.12. The van der Waals surface area contributed by atoms with Crippen molar-refractivity contribution in [3.8, 4) is 11.5 Å². The van der Waals surface area contributed by atoms with Gasteiger partial charge in [-0.3, -0.25) is 19.4 Å². The molecule has 9 nitrogen and oxygen atoms in total. The third-order valence-corrected chi connectivity index (χ3v) is 7.60. The second kappa shape index (κ2) is 12.6. The molecule has 2 aliphatic heterocycles. The Balaban J connectivity index is 1.23. The van der Waals surface area contributed by atoms with Crippen LogP contribution in [0.2, 0.25) is 0 Å². The number of aromatic amines is 1. The zero-order valence-electron chi connectivity index (χ0n) is 22.9. The molecule has 224 valence electrons. The molecule has 2 unspecified atom stereocenters. The summed E-state index contributed by atoms with van der Waals surface area (Å²) in [5.74, 6) is -6.13. The fourth-order valence-corrected chi connectivity index (χ4v) is 5.09. The molecule has 0 bridgehead atoms. The Morgan fingerprint density at radius 1 is 1.19 bits per heavy atom. The third-order valence-electron chi connectivity index (χ3n) is 7.60. The van der Waals surface area contributed by atoms with Gasteiger partial charge < -0.3 is 19.8 Å². The van der Waals surface area contributed by atoms with Crippen molar-refractivity contribution in [2.75, 3.05) is 44.7 Å². The number of carbonyl (C=O) groups is 1. The molecule has 2 N–H and O–H groups in total. The second-order valence-corrected chi connectivity index (χ2v) is 10.5. The molecule has 2 atom stereocenters. The predicted molar refractivity (Wildman–Crippen MR) is 146 cm³/mol. The van der Waals surface area contributed by atoms with Crippen LogP contribution in [0.5, 0.6) is 11.5 Å². The number of benzene rings is 1. The molecule has 2 saturated heterocycles. The minimum Gasteiger partial charge on any atom is -0.453 e. The third kappa shape index (κ3) is 6.97. The maximum atomic E-state index is 15.2. The minimum atomic E-state index is -3.03. The molecular weight excluding hydrogens is 558 g/mol. The SMILES string of the molecule is CC(C(=O)Nc1ccc(Oc2ccc(F)cc2F)cn1)N1CCC(F)(F)C(c2c[nH]c(=O)c(CN3CCOCC3)c2)C1. The summed E-state index contributed by atoms with van der Waals surface area (Å²) < 4.78 is 68.0. The summed E-state index contributed by atoms with van der Waals surface area (Å²) in [7, 11) is 0. The number of alkyl halides is 2. The topological polar surface area (TPSA) is 99.8 Å². The van der Waals surface area contributed by atoms with Gasteiger partial charge >= 0.3 is 0 Å². The number of aromatic nitrogens is 2. The van der Waals surface area contributed by atoms with Gasteiger partial charge in [0.25, 0.3) is 11.5 Å². The zero-order valence-corrected chi connectivity index (χ0v) is 22.9. The molecular formula is C29H31F4N5O4. The summed E-state index contributed by atoms with van der Waals surface area (Å²) in [5.41, 5.74) is 0.407. The van der Waals surface area contributed by atoms with Crippen LogP contribution in [0.3, 0.4) is 0 Å². The maximum Gasteiger partial charge on any atom is 0.257 e. The van der Waals surface area contributed by atoms with Crippen LogP contribution in [0.25, 0.3) is 0 Å². The highest BCUT2D eigenvalue weighted by atomic mass is 19.3. The van der Waals surface area contributed by atoms with E-state index in [1.165, 1.54) is 24.5 Å². The first-order valence-corrected chi connectivity index (χ1v) is 13.6. The lowest BCUT2D eigenvalue weighted by atomic mass is 9.86. The Hall–Kier alpha value is -3.81. The van der Waals surface area contributed by atoms with E-state index in [4.69, 9.17) is 9.47 Å². The van der Waals surface area contributed by atoms with Crippen molar-refractivity contribution >= 4 is 11.7 Å². The van der Waals surface area contributed by atoms with Crippen LogP contribution in [0.1, 0.15) is 30.4 Å². The Kier molecular flexibility index (Phi) is 8.90. The van der Waals surface area contributed by atoms with Crippen molar-refractivity contribution in [3.63, 3.8) is 0 Å². The number of likely N-dealkylation sites (tertiary alicyclic amines) is 1. The molecule has 0 spiro atoms. The molecule has 13 heteroatoms. The molecule has 1 aromatic carbocycles. The van der Waals surface area contributed by atoms with E-state index in [1.807, 2.05) is 4.90 Å². The highest BCUT2D eigenvalue weighted by Crippen LogP contribution is 2.40. The first kappa shape index (κ1) is 29.7. The highest BCUT2D eigenvalue weighted by Gasteiger charge is 2.46. The molecule has 2 aromatic heterocycles. The highest BCUT2D eigenvalue weighted by molar-refractivity contribution is 5.93. The van der Waals surface area contributed by atoms with Crippen LogP contribution in [-0.4, -0.2) is 77.0 Å². The van der Waals surface area contributed by atoms with Crippen molar-refractivity contribution in [2.45, 2.75) is 37.8 Å². The number of nitrogens with zero attached hydrogens (tertiary/aromatic N) is 3. The average molecular weight is 590 g/mol. The number of nitrogens with one attached hydrogen (secondary N) is 2. The lowest BCUT2D eigenvalue weighted by Crippen LogP contribution is -2.52. The van der Waals surface area contributed by atoms with E-state index in [9.17, 15) is 18.4 Å². The standard InChI is InChI=1S/C29H31F4N5O4/c1-18(27(39)36-26-5-3-22(15-34-26)42-25-4-2-21(30)13-24(25)31)38-7-6-29(32,33)23(17-38)19-12-20(28(40)35-14-19)16-37-8-10-41-11-9-37/h2-5,12-15,18,23H,6-11,16-17H2,1H3,(H,35,40)(H,34,36,39). The molecule has 2 fully saturated rings. The number of hydrogen-bond donors (Lipinski definition) is 2. The second-order valence-electron chi connectivity index (χ2n) is 10.5. The number of ether oxygens (including phenoxy) is 2. The van der Waals surface area contributed by atoms with Crippen molar-refractivity contribution in [2.24, 2.45) is 0 Å². The number of morpholine rings is 1. The van der Waals surface area contributed by atoms with Gasteiger partial charge in [0.2, 0.25) is 5.91 Å². The first-order valence-electron chi connectivity index (χ1n) is 13.6. The van der Waals surface area contributed by atoms with Gasteiger partial charge in [-0.05, 0) is 42.8 Å². The Morgan fingerprint density at radius 3 is 2.69 bits per heavy atom. The number of H-pyrrole nitrogens is 1. The van der Waals surface area contributed by atoms with Crippen LogP contribution in [0.4, 0.5) is 23.4 Å². The Labute approximate surface area is 239 Å². The zero-order chi connectivity index (χ0) is 29.9. The molecule has 2 aliphatic rings. The van der Waals surface area contributed by atoms with Gasteiger partial charge in [-0.2, -0.15) is 0 Å². The monoisotopic (exact) mass is 589 g/mol.